The van der Waals surface area contributed by atoms with Crippen molar-refractivity contribution < 1.29 is 13.2 Å². The van der Waals surface area contributed by atoms with Crippen molar-refractivity contribution in [3.8, 4) is 0 Å². The highest BCUT2D eigenvalue weighted by Gasteiger charge is 2.38. The van der Waals surface area contributed by atoms with E-state index in [9.17, 15) is 13.2 Å². The van der Waals surface area contributed by atoms with Crippen LogP contribution >= 0.6 is 23.2 Å². The third-order valence-electron chi connectivity index (χ3n) is 2.58. The molecule has 0 saturated carbocycles. The molecule has 6 heteroatoms. The number of Topliss-reactive ketones (excluding diaryl/α,β-unsaturated/α-hetero) is 1. The van der Waals surface area contributed by atoms with Crippen LogP contribution in [-0.4, -0.2) is 18.9 Å². The van der Waals surface area contributed by atoms with Gasteiger partial charge in [0, 0.05) is 11.4 Å². The van der Waals surface area contributed by atoms with E-state index in [0.29, 0.717) is 0 Å². The van der Waals surface area contributed by atoms with E-state index in [4.69, 9.17) is 23.2 Å². The molecule has 0 N–H and O–H groups in total. The van der Waals surface area contributed by atoms with E-state index in [2.05, 4.69) is 0 Å². The molecule has 0 spiro atoms. The largest absolute Gasteiger partial charge is 0.300 e. The van der Waals surface area contributed by atoms with E-state index >= 15 is 0 Å². The standard InChI is InChI=1S/C12H14Cl2O3S/c1-8(15)7-12(2,3)18(16,17)11-6-9(13)4-5-10(11)14/h4-6H,7H2,1-3H3. The van der Waals surface area contributed by atoms with Gasteiger partial charge in [-0.15, -0.1) is 0 Å². The monoisotopic (exact) mass is 308 g/mol. The van der Waals surface area contributed by atoms with Crippen LogP contribution in [0.3, 0.4) is 0 Å². The van der Waals surface area contributed by atoms with Crippen molar-refractivity contribution in [2.75, 3.05) is 0 Å². The summed E-state index contributed by atoms with van der Waals surface area (Å²) in [5.74, 6) is -0.193. The normalized spacial score (nSPS) is 12.5. The molecule has 3 nitrogen and oxygen atoms in total. The third kappa shape index (κ3) is 3.05. The van der Waals surface area contributed by atoms with Crippen LogP contribution in [0.15, 0.2) is 23.1 Å². The highest BCUT2D eigenvalue weighted by Crippen LogP contribution is 2.34. The lowest BCUT2D eigenvalue weighted by Crippen LogP contribution is -2.34. The summed E-state index contributed by atoms with van der Waals surface area (Å²) in [6, 6.07) is 4.25. The zero-order valence-electron chi connectivity index (χ0n) is 10.3. The summed E-state index contributed by atoms with van der Waals surface area (Å²) in [5, 5.41) is 0.396. The van der Waals surface area contributed by atoms with Gasteiger partial charge < -0.3 is 0 Å². The number of hydrogen-bond donors (Lipinski definition) is 0. The summed E-state index contributed by atoms with van der Waals surface area (Å²) < 4.78 is 23.7. The van der Waals surface area contributed by atoms with Crippen molar-refractivity contribution in [2.24, 2.45) is 0 Å². The first-order valence-electron chi connectivity index (χ1n) is 5.27. The van der Waals surface area contributed by atoms with Gasteiger partial charge in [0.25, 0.3) is 0 Å². The molecular formula is C12H14Cl2O3S. The van der Waals surface area contributed by atoms with Crippen molar-refractivity contribution in [3.63, 3.8) is 0 Å². The van der Waals surface area contributed by atoms with Gasteiger partial charge in [-0.2, -0.15) is 0 Å². The summed E-state index contributed by atoms with van der Waals surface area (Å²) >= 11 is 11.7. The first-order valence-corrected chi connectivity index (χ1v) is 7.51. The quantitative estimate of drug-likeness (QED) is 0.855. The Kier molecular flexibility index (Phi) is 4.47. The SMILES string of the molecule is CC(=O)CC(C)(C)S(=O)(=O)c1cc(Cl)ccc1Cl. The molecule has 0 aliphatic heterocycles. The average molecular weight is 309 g/mol. The second-order valence-electron chi connectivity index (χ2n) is 4.72. The van der Waals surface area contributed by atoms with Gasteiger partial charge in [-0.05, 0) is 39.0 Å². The number of ketones is 1. The maximum atomic E-state index is 12.5. The Bertz CT molecular complexity index is 577. The Morgan fingerprint density at radius 3 is 2.33 bits per heavy atom. The number of sulfone groups is 1. The second kappa shape index (κ2) is 5.19. The predicted molar refractivity (Wildman–Crippen MR) is 73.0 cm³/mol. The molecule has 1 rings (SSSR count). The molecule has 0 atom stereocenters. The molecule has 0 unspecified atom stereocenters. The van der Waals surface area contributed by atoms with Gasteiger partial charge in [0.1, 0.15) is 5.78 Å². The molecule has 0 radical (unpaired) electrons. The lowest BCUT2D eigenvalue weighted by atomic mass is 10.1. The number of hydrogen-bond acceptors (Lipinski definition) is 3. The highest BCUT2D eigenvalue weighted by molar-refractivity contribution is 7.93. The molecule has 1 aromatic carbocycles. The molecule has 0 bridgehead atoms. The number of halogens is 2. The van der Waals surface area contributed by atoms with Crippen molar-refractivity contribution in [3.05, 3.63) is 28.2 Å². The minimum absolute atomic E-state index is 0.0390. The molecule has 0 amide bonds. The molecule has 0 aliphatic carbocycles. The van der Waals surface area contributed by atoms with Crippen molar-refractivity contribution in [1.82, 2.24) is 0 Å². The Hall–Kier alpha value is -0.580. The summed E-state index contributed by atoms with van der Waals surface area (Å²) in [7, 11) is -3.72. The van der Waals surface area contributed by atoms with E-state index < -0.39 is 14.6 Å². The number of carbonyl (C=O) groups is 1. The maximum Gasteiger partial charge on any atom is 0.185 e. The third-order valence-corrected chi connectivity index (χ3v) is 5.78. The van der Waals surface area contributed by atoms with Gasteiger partial charge in [-0.1, -0.05) is 23.2 Å². The fourth-order valence-electron chi connectivity index (χ4n) is 1.68. The van der Waals surface area contributed by atoms with E-state index in [1.165, 1.54) is 39.0 Å². The van der Waals surface area contributed by atoms with Crippen LogP contribution < -0.4 is 0 Å². The maximum absolute atomic E-state index is 12.5. The van der Waals surface area contributed by atoms with Crippen LogP contribution in [0.4, 0.5) is 0 Å². The Morgan fingerprint density at radius 2 is 1.83 bits per heavy atom. The van der Waals surface area contributed by atoms with E-state index in [0.717, 1.165) is 0 Å². The fraction of sp³-hybridized carbons (Fsp3) is 0.417. The van der Waals surface area contributed by atoms with E-state index in [1.807, 2.05) is 0 Å². The van der Waals surface area contributed by atoms with E-state index in [-0.39, 0.29) is 27.1 Å². The average Bonchev–Trinajstić information content (AvgIpc) is 2.19. The van der Waals surface area contributed by atoms with Gasteiger partial charge in [0.05, 0.1) is 14.7 Å². The number of rotatable bonds is 4. The van der Waals surface area contributed by atoms with Crippen LogP contribution in [-0.2, 0) is 14.6 Å². The Balaban J connectivity index is 3.37. The van der Waals surface area contributed by atoms with Crippen molar-refractivity contribution in [1.29, 1.82) is 0 Å². The molecule has 0 saturated heterocycles. The minimum Gasteiger partial charge on any atom is -0.300 e. The molecule has 100 valence electrons. The van der Waals surface area contributed by atoms with Gasteiger partial charge in [0.15, 0.2) is 9.84 Å². The molecular weight excluding hydrogens is 295 g/mol. The lowest BCUT2D eigenvalue weighted by Gasteiger charge is -2.24. The van der Waals surface area contributed by atoms with Crippen LogP contribution in [0.5, 0.6) is 0 Å². The fourth-order valence-corrected chi connectivity index (χ4v) is 3.93. The van der Waals surface area contributed by atoms with E-state index in [1.54, 1.807) is 0 Å². The van der Waals surface area contributed by atoms with Gasteiger partial charge in [-0.25, -0.2) is 8.42 Å². The molecule has 0 aliphatic rings. The summed E-state index contributed by atoms with van der Waals surface area (Å²) in [5.41, 5.74) is 0. The molecule has 0 fully saturated rings. The van der Waals surface area contributed by atoms with Crippen LogP contribution in [0.2, 0.25) is 10.0 Å². The van der Waals surface area contributed by atoms with Gasteiger partial charge in [-0.3, -0.25) is 4.79 Å². The summed E-state index contributed by atoms with van der Waals surface area (Å²) in [6.45, 7) is 4.36. The predicted octanol–water partition coefficient (Wildman–Crippen LogP) is 3.52. The smallest absolute Gasteiger partial charge is 0.185 e. The molecule has 0 aromatic heterocycles. The van der Waals surface area contributed by atoms with Gasteiger partial charge in [0.2, 0.25) is 0 Å². The summed E-state index contributed by atoms with van der Waals surface area (Å²) in [4.78, 5) is 11.1. The van der Waals surface area contributed by atoms with Crippen LogP contribution in [0.25, 0.3) is 0 Å². The summed E-state index contributed by atoms with van der Waals surface area (Å²) in [6.07, 6.45) is -0.0713. The Morgan fingerprint density at radius 1 is 1.28 bits per heavy atom. The zero-order valence-corrected chi connectivity index (χ0v) is 12.7. The minimum atomic E-state index is -3.72. The first-order chi connectivity index (χ1) is 8.08. The van der Waals surface area contributed by atoms with Crippen molar-refractivity contribution >= 4 is 38.8 Å². The number of benzene rings is 1. The second-order valence-corrected chi connectivity index (χ2v) is 8.11. The van der Waals surface area contributed by atoms with Gasteiger partial charge >= 0.3 is 0 Å². The van der Waals surface area contributed by atoms with Crippen LogP contribution in [0, 0.1) is 0 Å². The highest BCUT2D eigenvalue weighted by atomic mass is 35.5. The zero-order chi connectivity index (χ0) is 14.1. The molecule has 0 heterocycles. The van der Waals surface area contributed by atoms with Crippen molar-refractivity contribution in [2.45, 2.75) is 36.8 Å². The topological polar surface area (TPSA) is 51.2 Å². The molecule has 18 heavy (non-hydrogen) atoms. The molecule has 1 aromatic rings. The number of carbonyl (C=O) groups excluding carboxylic acids is 1. The first kappa shape index (κ1) is 15.5. The van der Waals surface area contributed by atoms with Crippen LogP contribution in [0.1, 0.15) is 27.2 Å². The Labute approximate surface area is 117 Å². The lowest BCUT2D eigenvalue weighted by molar-refractivity contribution is -0.117.